The molecule has 0 N–H and O–H groups in total. The quantitative estimate of drug-likeness (QED) is 0.434. The summed E-state index contributed by atoms with van der Waals surface area (Å²) in [7, 11) is -2.60. The Balaban J connectivity index is 1.49. The molecular formula is C20H16N6O3S2. The Morgan fingerprint density at radius 2 is 1.03 bits per heavy atom. The summed E-state index contributed by atoms with van der Waals surface area (Å²) in [5.74, 6) is 1.29. The highest BCUT2D eigenvalue weighted by atomic mass is 32.2. The zero-order valence-corrected chi connectivity index (χ0v) is 18.1. The van der Waals surface area contributed by atoms with Gasteiger partial charge in [0.1, 0.15) is 11.5 Å². The lowest BCUT2D eigenvalue weighted by Crippen LogP contribution is -2.00. The first-order valence-electron chi connectivity index (χ1n) is 8.94. The van der Waals surface area contributed by atoms with Gasteiger partial charge in [0, 0.05) is 23.6 Å². The largest absolute Gasteiger partial charge is 0.457 e. The normalized spacial score (nSPS) is 12.8. The van der Waals surface area contributed by atoms with Crippen molar-refractivity contribution in [1.82, 2.24) is 30.4 Å². The molecule has 2 heterocycles. The fraction of sp³-hybridized carbons (Fsp3) is 0.100. The molecule has 4 rings (SSSR count). The third-order valence-corrected chi connectivity index (χ3v) is 5.50. The van der Waals surface area contributed by atoms with Gasteiger partial charge in [0.15, 0.2) is 0 Å². The highest BCUT2D eigenvalue weighted by molar-refractivity contribution is 7.84. The van der Waals surface area contributed by atoms with Crippen molar-refractivity contribution >= 4 is 21.6 Å². The van der Waals surface area contributed by atoms with E-state index in [0.717, 1.165) is 11.1 Å². The van der Waals surface area contributed by atoms with Crippen molar-refractivity contribution < 1.29 is 13.2 Å². The molecule has 0 aliphatic rings. The number of aromatic nitrogens is 6. The number of hydrogen-bond donors (Lipinski definition) is 0. The molecule has 31 heavy (non-hydrogen) atoms. The van der Waals surface area contributed by atoms with E-state index in [1.165, 1.54) is 24.9 Å². The molecule has 0 spiro atoms. The Morgan fingerprint density at radius 3 is 1.39 bits per heavy atom. The summed E-state index contributed by atoms with van der Waals surface area (Å²) in [4.78, 5) is 8.52. The van der Waals surface area contributed by atoms with Crippen LogP contribution in [0.25, 0.3) is 22.5 Å². The summed E-state index contributed by atoms with van der Waals surface area (Å²) in [5, 5.41) is 15.6. The summed E-state index contributed by atoms with van der Waals surface area (Å²) in [5.41, 5.74) is 2.79. The van der Waals surface area contributed by atoms with Crippen LogP contribution in [0.5, 0.6) is 11.5 Å². The topological polar surface area (TPSA) is 121 Å². The predicted octanol–water partition coefficient (Wildman–Crippen LogP) is 2.66. The average Bonchev–Trinajstić information content (AvgIpc) is 2.80. The van der Waals surface area contributed by atoms with Crippen LogP contribution in [-0.2, 0) is 21.6 Å². The van der Waals surface area contributed by atoms with Gasteiger partial charge in [-0.3, -0.25) is 8.42 Å². The van der Waals surface area contributed by atoms with Gasteiger partial charge in [0.2, 0.25) is 10.3 Å². The SMILES string of the molecule is CS(=O)c1nncc(-c2ccc(Oc3ccc(-c4cnnc(S(C)=O)n4)cc3)cc2)n1. The number of hydrogen-bond acceptors (Lipinski definition) is 9. The Morgan fingerprint density at radius 1 is 0.645 bits per heavy atom. The van der Waals surface area contributed by atoms with Crippen LogP contribution in [0.4, 0.5) is 0 Å². The van der Waals surface area contributed by atoms with Crippen molar-refractivity contribution in [1.29, 1.82) is 0 Å². The van der Waals surface area contributed by atoms with Crippen LogP contribution >= 0.6 is 0 Å². The van der Waals surface area contributed by atoms with Gasteiger partial charge in [-0.2, -0.15) is 10.2 Å². The molecule has 4 aromatic rings. The van der Waals surface area contributed by atoms with Gasteiger partial charge in [-0.25, -0.2) is 9.97 Å². The minimum Gasteiger partial charge on any atom is -0.457 e. The van der Waals surface area contributed by atoms with Crippen molar-refractivity contribution in [3.05, 3.63) is 60.9 Å². The molecule has 0 saturated heterocycles. The van der Waals surface area contributed by atoms with Crippen LogP contribution in [0.15, 0.2) is 71.2 Å². The predicted molar refractivity (Wildman–Crippen MR) is 115 cm³/mol. The molecule has 0 amide bonds. The smallest absolute Gasteiger partial charge is 0.239 e. The molecule has 9 nitrogen and oxygen atoms in total. The average molecular weight is 453 g/mol. The minimum absolute atomic E-state index is 0.189. The lowest BCUT2D eigenvalue weighted by Gasteiger charge is -2.08. The second-order valence-electron chi connectivity index (χ2n) is 6.31. The summed E-state index contributed by atoms with van der Waals surface area (Å²) in [6, 6.07) is 14.6. The molecule has 2 aromatic heterocycles. The Hall–Kier alpha value is -3.44. The summed E-state index contributed by atoms with van der Waals surface area (Å²) in [6.07, 6.45) is 6.06. The Bertz CT molecular complexity index is 1170. The first kappa shape index (κ1) is 20.8. The van der Waals surface area contributed by atoms with E-state index in [1.807, 2.05) is 48.5 Å². The lowest BCUT2D eigenvalue weighted by molar-refractivity contribution is 0.483. The number of rotatable bonds is 6. The van der Waals surface area contributed by atoms with Crippen molar-refractivity contribution in [3.8, 4) is 34.0 Å². The third kappa shape index (κ3) is 5.01. The van der Waals surface area contributed by atoms with Gasteiger partial charge in [-0.15, -0.1) is 10.2 Å². The Kier molecular flexibility index (Phi) is 6.14. The molecule has 11 heteroatoms. The van der Waals surface area contributed by atoms with Gasteiger partial charge in [0.05, 0.1) is 45.4 Å². The maximum Gasteiger partial charge on any atom is 0.239 e. The molecule has 0 aliphatic carbocycles. The van der Waals surface area contributed by atoms with E-state index in [2.05, 4.69) is 30.4 Å². The molecule has 0 radical (unpaired) electrons. The molecule has 2 unspecified atom stereocenters. The first-order chi connectivity index (χ1) is 15.0. The van der Waals surface area contributed by atoms with E-state index in [1.54, 1.807) is 0 Å². The van der Waals surface area contributed by atoms with Gasteiger partial charge in [0.25, 0.3) is 0 Å². The zero-order valence-electron chi connectivity index (χ0n) is 16.5. The van der Waals surface area contributed by atoms with Crippen LogP contribution in [0, 0.1) is 0 Å². The van der Waals surface area contributed by atoms with Gasteiger partial charge >= 0.3 is 0 Å². The zero-order chi connectivity index (χ0) is 21.8. The third-order valence-electron chi connectivity index (χ3n) is 4.13. The second kappa shape index (κ2) is 9.14. The molecule has 0 bridgehead atoms. The Labute approximate surface area is 182 Å². The van der Waals surface area contributed by atoms with Crippen molar-refractivity contribution in [2.75, 3.05) is 12.5 Å². The molecule has 0 aliphatic heterocycles. The summed E-state index contributed by atoms with van der Waals surface area (Å²) in [6.45, 7) is 0. The van der Waals surface area contributed by atoms with Crippen LogP contribution in [-0.4, -0.2) is 51.3 Å². The van der Waals surface area contributed by atoms with Crippen LogP contribution in [0.2, 0.25) is 0 Å². The van der Waals surface area contributed by atoms with Crippen molar-refractivity contribution in [2.45, 2.75) is 10.3 Å². The van der Waals surface area contributed by atoms with Crippen LogP contribution < -0.4 is 4.74 Å². The monoisotopic (exact) mass is 452 g/mol. The fourth-order valence-electron chi connectivity index (χ4n) is 2.62. The van der Waals surface area contributed by atoms with Gasteiger partial charge in [-0.1, -0.05) is 0 Å². The molecule has 0 fully saturated rings. The molecular weight excluding hydrogens is 436 g/mol. The fourth-order valence-corrected chi connectivity index (χ4v) is 3.40. The number of ether oxygens (including phenoxy) is 1. The van der Waals surface area contributed by atoms with Crippen LogP contribution in [0.1, 0.15) is 0 Å². The van der Waals surface area contributed by atoms with E-state index >= 15 is 0 Å². The summed E-state index contributed by atoms with van der Waals surface area (Å²) < 4.78 is 29.0. The van der Waals surface area contributed by atoms with Crippen LogP contribution in [0.3, 0.4) is 0 Å². The van der Waals surface area contributed by atoms with Gasteiger partial charge < -0.3 is 4.74 Å². The standard InChI is InChI=1S/C20H16N6O3S2/c1-30(27)19-23-17(11-21-25-19)13-3-7-15(8-4-13)29-16-9-5-14(6-10-16)18-12-22-26-20(24-18)31(2)28/h3-12H,1-2H3. The first-order valence-corrected chi connectivity index (χ1v) is 12.1. The molecule has 2 aromatic carbocycles. The van der Waals surface area contributed by atoms with E-state index in [9.17, 15) is 8.42 Å². The van der Waals surface area contributed by atoms with E-state index < -0.39 is 21.6 Å². The highest BCUT2D eigenvalue weighted by Crippen LogP contribution is 2.27. The van der Waals surface area contributed by atoms with E-state index in [0.29, 0.717) is 22.9 Å². The maximum atomic E-state index is 11.5. The molecule has 0 saturated carbocycles. The van der Waals surface area contributed by atoms with E-state index in [-0.39, 0.29) is 10.3 Å². The molecule has 2 atom stereocenters. The van der Waals surface area contributed by atoms with Crippen molar-refractivity contribution in [3.63, 3.8) is 0 Å². The van der Waals surface area contributed by atoms with Crippen molar-refractivity contribution in [2.24, 2.45) is 0 Å². The lowest BCUT2D eigenvalue weighted by atomic mass is 10.1. The van der Waals surface area contributed by atoms with Gasteiger partial charge in [-0.05, 0) is 48.5 Å². The second-order valence-corrected chi connectivity index (χ2v) is 8.85. The number of nitrogens with zero attached hydrogens (tertiary/aromatic N) is 6. The molecule has 156 valence electrons. The summed E-state index contributed by atoms with van der Waals surface area (Å²) >= 11 is 0. The number of benzene rings is 2. The minimum atomic E-state index is -1.30. The van der Waals surface area contributed by atoms with E-state index in [4.69, 9.17) is 4.74 Å². The maximum absolute atomic E-state index is 11.5. The highest BCUT2D eigenvalue weighted by Gasteiger charge is 2.08.